The number of hydrogen-bond donors (Lipinski definition) is 2. The molecule has 0 saturated heterocycles. The van der Waals surface area contributed by atoms with Crippen molar-refractivity contribution in [2.45, 2.75) is 26.8 Å². The van der Waals surface area contributed by atoms with Crippen LogP contribution in [0.1, 0.15) is 36.3 Å². The van der Waals surface area contributed by atoms with Gasteiger partial charge in [0.1, 0.15) is 0 Å². The first-order chi connectivity index (χ1) is 8.98. The molecule has 19 heavy (non-hydrogen) atoms. The zero-order valence-electron chi connectivity index (χ0n) is 11.9. The van der Waals surface area contributed by atoms with E-state index >= 15 is 0 Å². The molecule has 0 aromatic carbocycles. The van der Waals surface area contributed by atoms with Crippen molar-refractivity contribution in [3.8, 4) is 0 Å². The van der Waals surface area contributed by atoms with Crippen molar-refractivity contribution >= 4 is 5.91 Å². The highest BCUT2D eigenvalue weighted by molar-refractivity contribution is 5.94. The monoisotopic (exact) mass is 265 g/mol. The minimum Gasteiger partial charge on any atom is -0.385 e. The third-order valence-electron chi connectivity index (χ3n) is 3.00. The molecule has 0 saturated carbocycles. The summed E-state index contributed by atoms with van der Waals surface area (Å²) in [5, 5.41) is 2.94. The molecule has 0 unspecified atom stereocenters. The van der Waals surface area contributed by atoms with Crippen LogP contribution in [0.2, 0.25) is 0 Å². The Labute approximate surface area is 114 Å². The van der Waals surface area contributed by atoms with Crippen LogP contribution in [0.25, 0.3) is 0 Å². The molecule has 0 fully saturated rings. The molecule has 0 spiro atoms. The minimum atomic E-state index is -0.0948. The molecule has 5 nitrogen and oxygen atoms in total. The van der Waals surface area contributed by atoms with Crippen LogP contribution in [0.15, 0.2) is 18.3 Å². The van der Waals surface area contributed by atoms with Gasteiger partial charge >= 0.3 is 0 Å². The van der Waals surface area contributed by atoms with E-state index in [1.165, 1.54) is 0 Å². The number of pyridine rings is 1. The first-order valence-corrected chi connectivity index (χ1v) is 6.40. The Morgan fingerprint density at radius 1 is 1.53 bits per heavy atom. The van der Waals surface area contributed by atoms with Crippen molar-refractivity contribution in [2.24, 2.45) is 11.1 Å². The van der Waals surface area contributed by atoms with Crippen molar-refractivity contribution in [2.75, 3.05) is 20.3 Å². The predicted octanol–water partition coefficient (Wildman–Crippen LogP) is 1.33. The fourth-order valence-electron chi connectivity index (χ4n) is 1.62. The summed E-state index contributed by atoms with van der Waals surface area (Å²) >= 11 is 0. The van der Waals surface area contributed by atoms with Crippen molar-refractivity contribution in [1.82, 2.24) is 10.3 Å². The second-order valence-electron chi connectivity index (χ2n) is 5.33. The molecule has 0 aliphatic carbocycles. The Kier molecular flexibility index (Phi) is 5.92. The third-order valence-corrected chi connectivity index (χ3v) is 3.00. The normalized spacial score (nSPS) is 11.4. The molecule has 1 amide bonds. The van der Waals surface area contributed by atoms with Crippen LogP contribution in [0.4, 0.5) is 0 Å². The summed E-state index contributed by atoms with van der Waals surface area (Å²) in [6.07, 6.45) is 2.50. The molecule has 0 atom stereocenters. The molecule has 106 valence electrons. The first-order valence-electron chi connectivity index (χ1n) is 6.40. The number of nitrogens with one attached hydrogen (secondary N) is 1. The molecular formula is C14H23N3O2. The van der Waals surface area contributed by atoms with E-state index in [0.717, 1.165) is 6.42 Å². The van der Waals surface area contributed by atoms with E-state index in [-0.39, 0.29) is 11.3 Å². The van der Waals surface area contributed by atoms with Gasteiger partial charge in [-0.05, 0) is 24.0 Å². The Morgan fingerprint density at radius 3 is 2.89 bits per heavy atom. The summed E-state index contributed by atoms with van der Waals surface area (Å²) in [6.45, 7) is 5.83. The van der Waals surface area contributed by atoms with Gasteiger partial charge in [-0.2, -0.15) is 0 Å². The number of nitrogens with two attached hydrogens (primary N) is 1. The molecule has 0 aliphatic rings. The number of carbonyl (C=O) groups excluding carboxylic acids is 1. The Morgan fingerprint density at radius 2 is 2.26 bits per heavy atom. The Hall–Kier alpha value is -1.46. The second kappa shape index (κ2) is 7.21. The summed E-state index contributed by atoms with van der Waals surface area (Å²) in [7, 11) is 1.68. The smallest absolute Gasteiger partial charge is 0.251 e. The second-order valence-corrected chi connectivity index (χ2v) is 5.33. The number of aromatic nitrogens is 1. The lowest BCUT2D eigenvalue weighted by atomic mass is 9.89. The summed E-state index contributed by atoms with van der Waals surface area (Å²) in [5.41, 5.74) is 6.83. The van der Waals surface area contributed by atoms with Gasteiger partial charge in [0.15, 0.2) is 0 Å². The van der Waals surface area contributed by atoms with Gasteiger partial charge in [-0.25, -0.2) is 0 Å². The number of ether oxygens (including phenoxy) is 1. The topological polar surface area (TPSA) is 77.2 Å². The Balaban J connectivity index is 2.55. The van der Waals surface area contributed by atoms with Gasteiger partial charge in [0.05, 0.1) is 5.69 Å². The summed E-state index contributed by atoms with van der Waals surface area (Å²) in [5.74, 6) is -0.0948. The number of hydrogen-bond acceptors (Lipinski definition) is 4. The number of nitrogens with zero attached hydrogens (tertiary/aromatic N) is 1. The average molecular weight is 265 g/mol. The fourth-order valence-corrected chi connectivity index (χ4v) is 1.62. The molecule has 1 rings (SSSR count). The van der Waals surface area contributed by atoms with Crippen LogP contribution in [0.5, 0.6) is 0 Å². The van der Waals surface area contributed by atoms with Crippen LogP contribution in [-0.2, 0) is 11.3 Å². The van der Waals surface area contributed by atoms with E-state index < -0.39 is 0 Å². The van der Waals surface area contributed by atoms with Crippen molar-refractivity contribution in [3.63, 3.8) is 0 Å². The highest BCUT2D eigenvalue weighted by atomic mass is 16.5. The van der Waals surface area contributed by atoms with Gasteiger partial charge in [-0.3, -0.25) is 9.78 Å². The minimum absolute atomic E-state index is 0.00932. The van der Waals surface area contributed by atoms with Gasteiger partial charge in [-0.15, -0.1) is 0 Å². The van der Waals surface area contributed by atoms with Gasteiger partial charge in [0, 0.05) is 38.6 Å². The number of methoxy groups -OCH3 is 1. The van der Waals surface area contributed by atoms with Gasteiger partial charge in [0.2, 0.25) is 0 Å². The SMILES string of the molecule is COCCC(C)(C)CNC(=O)c1ccnc(CN)c1. The highest BCUT2D eigenvalue weighted by Crippen LogP contribution is 2.18. The maximum atomic E-state index is 12.0. The molecule has 0 bridgehead atoms. The lowest BCUT2D eigenvalue weighted by Crippen LogP contribution is -2.34. The molecule has 1 heterocycles. The first kappa shape index (κ1) is 15.6. The molecular weight excluding hydrogens is 242 g/mol. The standard InChI is InChI=1S/C14H23N3O2/c1-14(2,5-7-19-3)10-17-13(18)11-4-6-16-12(8-11)9-15/h4,6,8H,5,7,9-10,15H2,1-3H3,(H,17,18). The molecule has 0 radical (unpaired) electrons. The zero-order chi connectivity index (χ0) is 14.3. The summed E-state index contributed by atoms with van der Waals surface area (Å²) in [6, 6.07) is 3.41. The van der Waals surface area contributed by atoms with E-state index in [2.05, 4.69) is 24.1 Å². The number of rotatable bonds is 7. The molecule has 1 aromatic rings. The van der Waals surface area contributed by atoms with E-state index in [4.69, 9.17) is 10.5 Å². The third kappa shape index (κ3) is 5.36. The van der Waals surface area contributed by atoms with Crippen LogP contribution in [-0.4, -0.2) is 31.2 Å². The van der Waals surface area contributed by atoms with Crippen LogP contribution >= 0.6 is 0 Å². The molecule has 5 heteroatoms. The summed E-state index contributed by atoms with van der Waals surface area (Å²) < 4.78 is 5.06. The molecule has 0 aliphatic heterocycles. The van der Waals surface area contributed by atoms with Crippen molar-refractivity contribution in [1.29, 1.82) is 0 Å². The largest absolute Gasteiger partial charge is 0.385 e. The van der Waals surface area contributed by atoms with Crippen molar-refractivity contribution in [3.05, 3.63) is 29.6 Å². The van der Waals surface area contributed by atoms with E-state index in [0.29, 0.717) is 31.0 Å². The number of amides is 1. The van der Waals surface area contributed by atoms with E-state index in [1.54, 1.807) is 25.4 Å². The van der Waals surface area contributed by atoms with E-state index in [1.807, 2.05) is 0 Å². The zero-order valence-corrected chi connectivity index (χ0v) is 11.9. The quantitative estimate of drug-likeness (QED) is 0.779. The average Bonchev–Trinajstić information content (AvgIpc) is 2.43. The van der Waals surface area contributed by atoms with Crippen LogP contribution < -0.4 is 11.1 Å². The lowest BCUT2D eigenvalue weighted by molar-refractivity contribution is 0.0920. The van der Waals surface area contributed by atoms with Crippen LogP contribution in [0, 0.1) is 5.41 Å². The fraction of sp³-hybridized carbons (Fsp3) is 0.571. The van der Waals surface area contributed by atoms with Gasteiger partial charge in [0.25, 0.3) is 5.91 Å². The Bertz CT molecular complexity index is 419. The lowest BCUT2D eigenvalue weighted by Gasteiger charge is -2.24. The molecule has 3 N–H and O–H groups in total. The van der Waals surface area contributed by atoms with Crippen LogP contribution in [0.3, 0.4) is 0 Å². The van der Waals surface area contributed by atoms with Gasteiger partial charge in [-0.1, -0.05) is 13.8 Å². The maximum absolute atomic E-state index is 12.0. The van der Waals surface area contributed by atoms with E-state index in [9.17, 15) is 4.79 Å². The molecule has 1 aromatic heterocycles. The predicted molar refractivity (Wildman–Crippen MR) is 74.7 cm³/mol. The van der Waals surface area contributed by atoms with Gasteiger partial charge < -0.3 is 15.8 Å². The highest BCUT2D eigenvalue weighted by Gasteiger charge is 2.19. The maximum Gasteiger partial charge on any atom is 0.251 e. The van der Waals surface area contributed by atoms with Crippen molar-refractivity contribution < 1.29 is 9.53 Å². The summed E-state index contributed by atoms with van der Waals surface area (Å²) in [4.78, 5) is 16.1. The number of carbonyl (C=O) groups is 1.